The van der Waals surface area contributed by atoms with Crippen LogP contribution in [0.3, 0.4) is 0 Å². The lowest BCUT2D eigenvalue weighted by Gasteiger charge is -2.30. The number of fused-ring (bicyclic) bond motifs is 1. The van der Waals surface area contributed by atoms with Crippen LogP contribution in [0.5, 0.6) is 5.75 Å². The molecule has 1 heteroatoms. The molecule has 2 aromatic carbocycles. The van der Waals surface area contributed by atoms with Crippen LogP contribution in [0.4, 0.5) is 0 Å². The molecule has 2 aromatic rings. The summed E-state index contributed by atoms with van der Waals surface area (Å²) >= 11 is 0. The van der Waals surface area contributed by atoms with Gasteiger partial charge in [0.25, 0.3) is 0 Å². The highest BCUT2D eigenvalue weighted by Gasteiger charge is 2.27. The Morgan fingerprint density at radius 3 is 2.53 bits per heavy atom. The van der Waals surface area contributed by atoms with E-state index < -0.39 is 0 Å². The normalized spacial score (nSPS) is 18.3. The third kappa shape index (κ3) is 2.37. The van der Waals surface area contributed by atoms with E-state index in [4.69, 9.17) is 4.74 Å². The molecule has 1 aliphatic rings. The summed E-state index contributed by atoms with van der Waals surface area (Å²) < 4.78 is 6.05. The lowest BCUT2D eigenvalue weighted by Crippen LogP contribution is -2.22. The first kappa shape index (κ1) is 12.3. The van der Waals surface area contributed by atoms with E-state index in [9.17, 15) is 0 Å². The van der Waals surface area contributed by atoms with Crippen molar-refractivity contribution in [3.05, 3.63) is 65.2 Å². The number of ether oxygens (including phenoxy) is 1. The van der Waals surface area contributed by atoms with Crippen LogP contribution in [0.25, 0.3) is 0 Å². The van der Waals surface area contributed by atoms with Crippen molar-refractivity contribution >= 4 is 0 Å². The van der Waals surface area contributed by atoms with Gasteiger partial charge in [-0.3, -0.25) is 0 Å². The summed E-state index contributed by atoms with van der Waals surface area (Å²) in [5, 5.41) is 0. The summed E-state index contributed by atoms with van der Waals surface area (Å²) in [6, 6.07) is 17.1. The largest absolute Gasteiger partial charge is 0.485 e. The fourth-order valence-corrected chi connectivity index (χ4v) is 2.59. The Bertz CT molecular complexity index is 556. The minimum absolute atomic E-state index is 0.241. The Morgan fingerprint density at radius 2 is 1.84 bits per heavy atom. The SMILES string of the molecule is CCC(C)c1ccc(OC2Cc3ccccc32)cc1. The Hall–Kier alpha value is -1.76. The van der Waals surface area contributed by atoms with Gasteiger partial charge < -0.3 is 4.74 Å². The summed E-state index contributed by atoms with van der Waals surface area (Å²) in [4.78, 5) is 0. The lowest BCUT2D eigenvalue weighted by atomic mass is 9.85. The first-order valence-corrected chi connectivity index (χ1v) is 7.12. The average molecular weight is 252 g/mol. The number of hydrogen-bond donors (Lipinski definition) is 0. The molecular weight excluding hydrogens is 232 g/mol. The second-order valence-corrected chi connectivity index (χ2v) is 5.39. The van der Waals surface area contributed by atoms with Crippen molar-refractivity contribution in [2.24, 2.45) is 0 Å². The number of rotatable bonds is 4. The van der Waals surface area contributed by atoms with E-state index in [2.05, 4.69) is 62.4 Å². The van der Waals surface area contributed by atoms with E-state index in [0.29, 0.717) is 5.92 Å². The maximum absolute atomic E-state index is 6.05. The molecule has 19 heavy (non-hydrogen) atoms. The summed E-state index contributed by atoms with van der Waals surface area (Å²) in [5.74, 6) is 1.60. The van der Waals surface area contributed by atoms with Crippen LogP contribution in [0.2, 0.25) is 0 Å². The predicted molar refractivity (Wildman–Crippen MR) is 78.7 cm³/mol. The summed E-state index contributed by atoms with van der Waals surface area (Å²) in [6.07, 6.45) is 2.45. The maximum Gasteiger partial charge on any atom is 0.128 e. The molecule has 0 heterocycles. The quantitative estimate of drug-likeness (QED) is 0.753. The molecular formula is C18H20O. The van der Waals surface area contributed by atoms with Gasteiger partial charge in [0, 0.05) is 6.42 Å². The van der Waals surface area contributed by atoms with Crippen LogP contribution in [-0.2, 0) is 6.42 Å². The highest BCUT2D eigenvalue weighted by atomic mass is 16.5. The van der Waals surface area contributed by atoms with Crippen molar-refractivity contribution in [1.29, 1.82) is 0 Å². The first-order chi connectivity index (χ1) is 9.28. The Kier molecular flexibility index (Phi) is 3.29. The molecule has 1 aliphatic carbocycles. The standard InChI is InChI=1S/C18H20O/c1-3-13(2)14-8-10-16(11-9-14)19-18-12-15-6-4-5-7-17(15)18/h4-11,13,18H,3,12H2,1-2H3. The fourth-order valence-electron chi connectivity index (χ4n) is 2.59. The van der Waals surface area contributed by atoms with Crippen molar-refractivity contribution in [2.75, 3.05) is 0 Å². The Labute approximate surface area is 115 Å². The predicted octanol–water partition coefficient (Wildman–Crippen LogP) is 4.88. The van der Waals surface area contributed by atoms with Gasteiger partial charge in [0.15, 0.2) is 0 Å². The van der Waals surface area contributed by atoms with E-state index in [0.717, 1.165) is 12.2 Å². The van der Waals surface area contributed by atoms with E-state index in [1.165, 1.54) is 23.1 Å². The molecule has 0 saturated carbocycles. The van der Waals surface area contributed by atoms with Gasteiger partial charge in [-0.2, -0.15) is 0 Å². The molecule has 0 radical (unpaired) electrons. The topological polar surface area (TPSA) is 9.23 Å². The van der Waals surface area contributed by atoms with E-state index in [1.807, 2.05) is 0 Å². The van der Waals surface area contributed by atoms with Crippen LogP contribution in [0.1, 0.15) is 49.0 Å². The molecule has 2 atom stereocenters. The summed E-state index contributed by atoms with van der Waals surface area (Å²) in [6.45, 7) is 4.48. The number of hydrogen-bond acceptors (Lipinski definition) is 1. The molecule has 0 fully saturated rings. The van der Waals surface area contributed by atoms with Gasteiger partial charge in [0.05, 0.1) is 0 Å². The second kappa shape index (κ2) is 5.08. The van der Waals surface area contributed by atoms with Crippen molar-refractivity contribution in [3.63, 3.8) is 0 Å². The molecule has 0 saturated heterocycles. The van der Waals surface area contributed by atoms with Crippen LogP contribution < -0.4 is 4.74 Å². The van der Waals surface area contributed by atoms with Gasteiger partial charge in [0.2, 0.25) is 0 Å². The van der Waals surface area contributed by atoms with Gasteiger partial charge in [-0.25, -0.2) is 0 Å². The zero-order chi connectivity index (χ0) is 13.2. The Morgan fingerprint density at radius 1 is 1.11 bits per heavy atom. The van der Waals surface area contributed by atoms with Crippen molar-refractivity contribution in [3.8, 4) is 5.75 Å². The van der Waals surface area contributed by atoms with Gasteiger partial charge in [-0.1, -0.05) is 50.2 Å². The second-order valence-electron chi connectivity index (χ2n) is 5.39. The van der Waals surface area contributed by atoms with Crippen molar-refractivity contribution < 1.29 is 4.74 Å². The third-order valence-corrected chi connectivity index (χ3v) is 4.15. The van der Waals surface area contributed by atoms with Crippen LogP contribution >= 0.6 is 0 Å². The zero-order valence-electron chi connectivity index (χ0n) is 11.6. The first-order valence-electron chi connectivity index (χ1n) is 7.12. The van der Waals surface area contributed by atoms with Gasteiger partial charge in [-0.15, -0.1) is 0 Å². The zero-order valence-corrected chi connectivity index (χ0v) is 11.6. The minimum Gasteiger partial charge on any atom is -0.485 e. The average Bonchev–Trinajstić information content (AvgIpc) is 2.44. The maximum atomic E-state index is 6.05. The van der Waals surface area contributed by atoms with Gasteiger partial charge in [0.1, 0.15) is 11.9 Å². The molecule has 0 bridgehead atoms. The lowest BCUT2D eigenvalue weighted by molar-refractivity contribution is 0.181. The fraction of sp³-hybridized carbons (Fsp3) is 0.333. The molecule has 0 spiro atoms. The van der Waals surface area contributed by atoms with Gasteiger partial charge in [-0.05, 0) is 41.2 Å². The van der Waals surface area contributed by atoms with Crippen LogP contribution in [0, 0.1) is 0 Å². The number of benzene rings is 2. The third-order valence-electron chi connectivity index (χ3n) is 4.15. The smallest absolute Gasteiger partial charge is 0.128 e. The summed E-state index contributed by atoms with van der Waals surface area (Å²) in [5.41, 5.74) is 4.15. The van der Waals surface area contributed by atoms with Crippen molar-refractivity contribution in [2.45, 2.75) is 38.7 Å². The van der Waals surface area contributed by atoms with E-state index in [1.54, 1.807) is 0 Å². The van der Waals surface area contributed by atoms with Crippen LogP contribution in [0.15, 0.2) is 48.5 Å². The Balaban J connectivity index is 1.69. The van der Waals surface area contributed by atoms with Gasteiger partial charge >= 0.3 is 0 Å². The molecule has 98 valence electrons. The molecule has 0 aromatic heterocycles. The van der Waals surface area contributed by atoms with E-state index >= 15 is 0 Å². The van der Waals surface area contributed by atoms with E-state index in [-0.39, 0.29) is 6.10 Å². The molecule has 0 amide bonds. The monoisotopic (exact) mass is 252 g/mol. The molecule has 0 aliphatic heterocycles. The molecule has 0 N–H and O–H groups in total. The highest BCUT2D eigenvalue weighted by Crippen LogP contribution is 2.36. The molecule has 3 rings (SSSR count). The summed E-state index contributed by atoms with van der Waals surface area (Å²) in [7, 11) is 0. The highest BCUT2D eigenvalue weighted by molar-refractivity contribution is 5.39. The molecule has 2 unspecified atom stereocenters. The van der Waals surface area contributed by atoms with Crippen molar-refractivity contribution in [1.82, 2.24) is 0 Å². The molecule has 1 nitrogen and oxygen atoms in total. The minimum atomic E-state index is 0.241. The van der Waals surface area contributed by atoms with Crippen LogP contribution in [-0.4, -0.2) is 0 Å².